The lowest BCUT2D eigenvalue weighted by atomic mass is 10.0. The molecule has 0 saturated carbocycles. The predicted octanol–water partition coefficient (Wildman–Crippen LogP) is 5.70. The normalized spacial score (nSPS) is 12.5. The fraction of sp³-hybridized carbons (Fsp3) is 0.316. The quantitative estimate of drug-likeness (QED) is 0.323. The minimum Gasteiger partial charge on any atom is -0.480 e. The number of aliphatic carboxylic acids is 1. The molecular weight excluding hydrogens is 388 g/mol. The Labute approximate surface area is 165 Å². The maximum atomic E-state index is 11.1. The second-order valence-corrected chi connectivity index (χ2v) is 8.63. The Kier molecular flexibility index (Phi) is 5.85. The molecule has 0 spiro atoms. The molecule has 2 heterocycles. The summed E-state index contributed by atoms with van der Waals surface area (Å²) in [5, 5.41) is 10.1. The maximum absolute atomic E-state index is 11.1. The molecule has 26 heavy (non-hydrogen) atoms. The number of carbonyl (C=O) groups is 1. The number of halogens is 1. The van der Waals surface area contributed by atoms with Crippen molar-refractivity contribution in [3.63, 3.8) is 0 Å². The largest absolute Gasteiger partial charge is 0.480 e. The summed E-state index contributed by atoms with van der Waals surface area (Å²) in [5.74, 6) is -0.896. The number of carboxylic acids is 1. The number of fused-ring (bicyclic) bond motifs is 1. The molecule has 7 heteroatoms. The molecule has 3 rings (SSSR count). The van der Waals surface area contributed by atoms with Gasteiger partial charge in [0.05, 0.1) is 5.39 Å². The lowest BCUT2D eigenvalue weighted by molar-refractivity contribution is -0.136. The topological polar surface area (TPSA) is 63.1 Å². The lowest BCUT2D eigenvalue weighted by Crippen LogP contribution is -2.11. The first-order chi connectivity index (χ1) is 12.4. The van der Waals surface area contributed by atoms with Crippen LogP contribution in [0, 0.1) is 0 Å². The Hall–Kier alpha value is -1.63. The molecule has 0 radical (unpaired) electrons. The van der Waals surface area contributed by atoms with Crippen molar-refractivity contribution in [3.8, 4) is 11.1 Å². The van der Waals surface area contributed by atoms with E-state index in [4.69, 9.17) is 16.7 Å². The second-order valence-electron chi connectivity index (χ2n) is 5.88. The zero-order chi connectivity index (χ0) is 18.8. The molecule has 1 aromatic carbocycles. The Bertz CT molecular complexity index is 954. The average Bonchev–Trinajstić information content (AvgIpc) is 3.00. The first kappa shape index (κ1) is 19.1. The standard InChI is InChI=1S/C19H19ClN2O2S2/c1-4-11-6-8-12(9-7-11)14-13(5-2)26-17-15(14)16(20)21-19(22-17)25-10(3)18(23)24/h6-10H,4-5H2,1-3H3,(H,23,24). The minimum atomic E-state index is -0.896. The van der Waals surface area contributed by atoms with Crippen LogP contribution in [0.3, 0.4) is 0 Å². The third kappa shape index (κ3) is 3.72. The number of aromatic nitrogens is 2. The van der Waals surface area contributed by atoms with Crippen molar-refractivity contribution in [3.05, 3.63) is 39.9 Å². The zero-order valence-electron chi connectivity index (χ0n) is 14.7. The van der Waals surface area contributed by atoms with Crippen molar-refractivity contribution in [2.24, 2.45) is 0 Å². The molecule has 0 saturated heterocycles. The highest BCUT2D eigenvalue weighted by molar-refractivity contribution is 8.00. The van der Waals surface area contributed by atoms with E-state index >= 15 is 0 Å². The van der Waals surface area contributed by atoms with E-state index in [1.807, 2.05) is 0 Å². The van der Waals surface area contributed by atoms with Gasteiger partial charge in [-0.05, 0) is 30.9 Å². The number of hydrogen-bond donors (Lipinski definition) is 1. The molecule has 3 aromatic rings. The Morgan fingerprint density at radius 2 is 1.92 bits per heavy atom. The van der Waals surface area contributed by atoms with E-state index in [1.54, 1.807) is 18.3 Å². The number of aryl methyl sites for hydroxylation is 2. The number of rotatable bonds is 6. The van der Waals surface area contributed by atoms with Gasteiger partial charge < -0.3 is 5.11 Å². The van der Waals surface area contributed by atoms with Crippen LogP contribution in [0.15, 0.2) is 29.4 Å². The molecule has 0 aliphatic rings. The van der Waals surface area contributed by atoms with Gasteiger partial charge in [0.25, 0.3) is 0 Å². The van der Waals surface area contributed by atoms with Gasteiger partial charge in [0.1, 0.15) is 15.2 Å². The van der Waals surface area contributed by atoms with Crippen molar-refractivity contribution in [2.45, 2.75) is 44.0 Å². The summed E-state index contributed by atoms with van der Waals surface area (Å²) in [5.41, 5.74) is 3.48. The third-order valence-corrected chi connectivity index (χ3v) is 6.61. The summed E-state index contributed by atoms with van der Waals surface area (Å²) in [4.78, 5) is 22.0. The molecule has 0 bridgehead atoms. The van der Waals surface area contributed by atoms with E-state index in [0.29, 0.717) is 10.3 Å². The Morgan fingerprint density at radius 1 is 1.23 bits per heavy atom. The molecule has 0 aliphatic carbocycles. The van der Waals surface area contributed by atoms with Crippen LogP contribution in [0.25, 0.3) is 21.3 Å². The SMILES string of the molecule is CCc1ccc(-c2c(CC)sc3nc(SC(C)C(=O)O)nc(Cl)c23)cc1. The molecule has 0 aliphatic heterocycles. The molecule has 0 amide bonds. The predicted molar refractivity (Wildman–Crippen MR) is 110 cm³/mol. The van der Waals surface area contributed by atoms with Gasteiger partial charge in [0.15, 0.2) is 5.16 Å². The van der Waals surface area contributed by atoms with Crippen LogP contribution in [-0.4, -0.2) is 26.3 Å². The molecule has 2 aromatic heterocycles. The van der Waals surface area contributed by atoms with Gasteiger partial charge in [-0.2, -0.15) is 0 Å². The fourth-order valence-electron chi connectivity index (χ4n) is 2.71. The van der Waals surface area contributed by atoms with Gasteiger partial charge in [0.2, 0.25) is 0 Å². The molecular formula is C19H19ClN2O2S2. The summed E-state index contributed by atoms with van der Waals surface area (Å²) in [6.07, 6.45) is 1.87. The molecule has 1 atom stereocenters. The zero-order valence-corrected chi connectivity index (χ0v) is 17.1. The number of hydrogen-bond acceptors (Lipinski definition) is 5. The Morgan fingerprint density at radius 3 is 2.50 bits per heavy atom. The first-order valence-corrected chi connectivity index (χ1v) is 10.5. The van der Waals surface area contributed by atoms with Crippen LogP contribution in [0.2, 0.25) is 5.15 Å². The van der Waals surface area contributed by atoms with Crippen molar-refractivity contribution in [2.75, 3.05) is 0 Å². The Balaban J connectivity index is 2.12. The minimum absolute atomic E-state index is 0.376. The van der Waals surface area contributed by atoms with Crippen LogP contribution in [-0.2, 0) is 17.6 Å². The molecule has 0 fully saturated rings. The summed E-state index contributed by atoms with van der Waals surface area (Å²) in [6.45, 7) is 5.85. The third-order valence-electron chi connectivity index (χ3n) is 4.16. The van der Waals surface area contributed by atoms with Crippen molar-refractivity contribution in [1.82, 2.24) is 9.97 Å². The van der Waals surface area contributed by atoms with Gasteiger partial charge in [-0.1, -0.05) is 61.5 Å². The second kappa shape index (κ2) is 7.94. The van der Waals surface area contributed by atoms with Crippen LogP contribution in [0.1, 0.15) is 31.2 Å². The van der Waals surface area contributed by atoms with Gasteiger partial charge in [-0.3, -0.25) is 4.79 Å². The highest BCUT2D eigenvalue weighted by Gasteiger charge is 2.21. The van der Waals surface area contributed by atoms with Crippen molar-refractivity contribution < 1.29 is 9.90 Å². The molecule has 1 unspecified atom stereocenters. The summed E-state index contributed by atoms with van der Waals surface area (Å²) < 4.78 is 0. The molecule has 1 N–H and O–H groups in total. The van der Waals surface area contributed by atoms with Crippen LogP contribution in [0.5, 0.6) is 0 Å². The van der Waals surface area contributed by atoms with E-state index in [1.165, 1.54) is 10.4 Å². The smallest absolute Gasteiger partial charge is 0.316 e. The van der Waals surface area contributed by atoms with Gasteiger partial charge in [0, 0.05) is 10.4 Å². The maximum Gasteiger partial charge on any atom is 0.316 e. The molecule has 4 nitrogen and oxygen atoms in total. The van der Waals surface area contributed by atoms with Crippen LogP contribution >= 0.6 is 34.7 Å². The number of nitrogens with zero attached hydrogens (tertiary/aromatic N) is 2. The molecule has 136 valence electrons. The number of carboxylic acid groups (broad SMARTS) is 1. The van der Waals surface area contributed by atoms with E-state index in [9.17, 15) is 4.79 Å². The van der Waals surface area contributed by atoms with Crippen molar-refractivity contribution in [1.29, 1.82) is 0 Å². The highest BCUT2D eigenvalue weighted by Crippen LogP contribution is 2.42. The summed E-state index contributed by atoms with van der Waals surface area (Å²) in [7, 11) is 0. The summed E-state index contributed by atoms with van der Waals surface area (Å²) in [6, 6.07) is 8.49. The van der Waals surface area contributed by atoms with Crippen LogP contribution in [0.4, 0.5) is 0 Å². The first-order valence-electron chi connectivity index (χ1n) is 8.42. The van der Waals surface area contributed by atoms with Gasteiger partial charge in [-0.15, -0.1) is 11.3 Å². The van der Waals surface area contributed by atoms with E-state index in [-0.39, 0.29) is 0 Å². The monoisotopic (exact) mass is 406 g/mol. The lowest BCUT2D eigenvalue weighted by Gasteiger charge is -2.07. The van der Waals surface area contributed by atoms with E-state index in [0.717, 1.165) is 45.9 Å². The average molecular weight is 407 g/mol. The van der Waals surface area contributed by atoms with Gasteiger partial charge in [-0.25, -0.2) is 9.97 Å². The number of benzene rings is 1. The fourth-order valence-corrected chi connectivity index (χ4v) is 4.98. The van der Waals surface area contributed by atoms with Crippen LogP contribution < -0.4 is 0 Å². The number of thiophene rings is 1. The van der Waals surface area contributed by atoms with E-state index < -0.39 is 11.2 Å². The van der Waals surface area contributed by atoms with E-state index in [2.05, 4.69) is 48.1 Å². The highest BCUT2D eigenvalue weighted by atomic mass is 35.5. The number of thioether (sulfide) groups is 1. The van der Waals surface area contributed by atoms with Gasteiger partial charge >= 0.3 is 5.97 Å². The van der Waals surface area contributed by atoms with Crippen molar-refractivity contribution >= 4 is 50.9 Å². The summed E-state index contributed by atoms with van der Waals surface area (Å²) >= 11 is 9.20.